The van der Waals surface area contributed by atoms with Gasteiger partial charge < -0.3 is 20.1 Å². The Morgan fingerprint density at radius 3 is 2.29 bits per heavy atom. The quantitative estimate of drug-likeness (QED) is 0.459. The van der Waals surface area contributed by atoms with Crippen molar-refractivity contribution in [1.29, 1.82) is 0 Å². The molecule has 3 rings (SSSR count). The van der Waals surface area contributed by atoms with E-state index in [0.29, 0.717) is 23.8 Å². The number of carbonyl (C=O) groups excluding carboxylic acids is 2. The number of hydrogen-bond donors (Lipinski definition) is 2. The molecule has 0 saturated carbocycles. The summed E-state index contributed by atoms with van der Waals surface area (Å²) in [5.41, 5.74) is 2.42. The molecular formula is C27H31N3O4. The van der Waals surface area contributed by atoms with E-state index in [4.69, 9.17) is 9.47 Å². The second-order valence-electron chi connectivity index (χ2n) is 8.29. The summed E-state index contributed by atoms with van der Waals surface area (Å²) in [5, 5.41) is 5.75. The molecule has 178 valence electrons. The predicted molar refractivity (Wildman–Crippen MR) is 131 cm³/mol. The maximum Gasteiger partial charge on any atom is 0.251 e. The molecule has 3 aromatic rings. The van der Waals surface area contributed by atoms with Gasteiger partial charge in [0, 0.05) is 24.4 Å². The molecule has 7 heteroatoms. The first kappa shape index (κ1) is 24.8. The van der Waals surface area contributed by atoms with Gasteiger partial charge in [-0.3, -0.25) is 9.59 Å². The van der Waals surface area contributed by atoms with Crippen LogP contribution in [0, 0.1) is 12.8 Å². The van der Waals surface area contributed by atoms with Crippen LogP contribution in [0.5, 0.6) is 17.4 Å². The molecule has 0 fully saturated rings. The number of benzene rings is 2. The summed E-state index contributed by atoms with van der Waals surface area (Å²) in [6, 6.07) is 17.5. The molecular weight excluding hydrogens is 430 g/mol. The number of nitrogens with zero attached hydrogens (tertiary/aromatic N) is 1. The highest BCUT2D eigenvalue weighted by Crippen LogP contribution is 2.23. The molecule has 1 aromatic heterocycles. The van der Waals surface area contributed by atoms with Gasteiger partial charge in [-0.2, -0.15) is 0 Å². The maximum absolute atomic E-state index is 12.9. The highest BCUT2D eigenvalue weighted by molar-refractivity contribution is 5.97. The van der Waals surface area contributed by atoms with Gasteiger partial charge in [0.15, 0.2) is 0 Å². The van der Waals surface area contributed by atoms with Crippen molar-refractivity contribution in [3.05, 3.63) is 83.6 Å². The summed E-state index contributed by atoms with van der Waals surface area (Å²) in [6.07, 6.45) is 1.63. The van der Waals surface area contributed by atoms with Crippen molar-refractivity contribution in [3.8, 4) is 17.4 Å². The lowest BCUT2D eigenvalue weighted by atomic mass is 10.0. The lowest BCUT2D eigenvalue weighted by Crippen LogP contribution is -2.49. The fourth-order valence-electron chi connectivity index (χ4n) is 3.27. The molecule has 2 amide bonds. The minimum atomic E-state index is -0.657. The number of aromatic nitrogens is 1. The Hall–Kier alpha value is -3.87. The first-order chi connectivity index (χ1) is 16.4. The summed E-state index contributed by atoms with van der Waals surface area (Å²) in [7, 11) is 0. The second-order valence-corrected chi connectivity index (χ2v) is 8.29. The van der Waals surface area contributed by atoms with Gasteiger partial charge in [0.1, 0.15) is 17.5 Å². The van der Waals surface area contributed by atoms with Crippen LogP contribution in [0.2, 0.25) is 0 Å². The minimum absolute atomic E-state index is 0.0783. The Bertz CT molecular complexity index is 1100. The van der Waals surface area contributed by atoms with Gasteiger partial charge in [-0.15, -0.1) is 0 Å². The molecule has 0 aliphatic heterocycles. The van der Waals surface area contributed by atoms with Crippen LogP contribution in [0.3, 0.4) is 0 Å². The van der Waals surface area contributed by atoms with Crippen LogP contribution in [-0.4, -0.2) is 29.4 Å². The molecule has 0 saturated heterocycles. The molecule has 1 atom stereocenters. The van der Waals surface area contributed by atoms with E-state index < -0.39 is 6.04 Å². The van der Waals surface area contributed by atoms with Gasteiger partial charge in [0.05, 0.1) is 6.61 Å². The Balaban J connectivity index is 1.59. The van der Waals surface area contributed by atoms with Gasteiger partial charge in [0.2, 0.25) is 11.8 Å². The molecule has 0 spiro atoms. The molecule has 0 radical (unpaired) electrons. The summed E-state index contributed by atoms with van der Waals surface area (Å²) in [5.74, 6) is 1.23. The van der Waals surface area contributed by atoms with Crippen LogP contribution < -0.4 is 20.1 Å². The number of aryl methyl sites for hydroxylation is 1. The highest BCUT2D eigenvalue weighted by Gasteiger charge is 2.24. The van der Waals surface area contributed by atoms with Crippen LogP contribution in [0.25, 0.3) is 0 Å². The standard InChI is InChI=1S/C27H31N3O4/c1-5-33-22-10-12-23(13-11-22)34-24-16-20(14-15-28-24)17-29-27(32)25(18(2)3)30-26(31)21-8-6-19(4)7-9-21/h6-16,18,25H,5,17H2,1-4H3,(H,29,32)(H,30,31). The number of ether oxygens (including phenoxy) is 2. The smallest absolute Gasteiger partial charge is 0.251 e. The zero-order valence-electron chi connectivity index (χ0n) is 20.0. The van der Waals surface area contributed by atoms with E-state index in [-0.39, 0.29) is 24.3 Å². The first-order valence-electron chi connectivity index (χ1n) is 11.4. The van der Waals surface area contributed by atoms with Gasteiger partial charge in [-0.05, 0) is 67.8 Å². The van der Waals surface area contributed by atoms with Crippen molar-refractivity contribution >= 4 is 11.8 Å². The van der Waals surface area contributed by atoms with Gasteiger partial charge in [-0.1, -0.05) is 31.5 Å². The Morgan fingerprint density at radius 2 is 1.65 bits per heavy atom. The third-order valence-electron chi connectivity index (χ3n) is 5.17. The van der Waals surface area contributed by atoms with Crippen molar-refractivity contribution in [2.45, 2.75) is 40.3 Å². The van der Waals surface area contributed by atoms with Crippen LogP contribution in [0.4, 0.5) is 0 Å². The Morgan fingerprint density at radius 1 is 0.971 bits per heavy atom. The number of carbonyl (C=O) groups is 2. The number of nitrogens with one attached hydrogen (secondary N) is 2. The maximum atomic E-state index is 12.9. The van der Waals surface area contributed by atoms with E-state index in [1.54, 1.807) is 30.5 Å². The van der Waals surface area contributed by atoms with E-state index in [1.807, 2.05) is 64.1 Å². The van der Waals surface area contributed by atoms with E-state index in [1.165, 1.54) is 0 Å². The SMILES string of the molecule is CCOc1ccc(Oc2cc(CNC(=O)C(NC(=O)c3ccc(C)cc3)C(C)C)ccn2)cc1. The number of pyridine rings is 1. The molecule has 7 nitrogen and oxygen atoms in total. The average molecular weight is 462 g/mol. The fourth-order valence-corrected chi connectivity index (χ4v) is 3.27. The fraction of sp³-hybridized carbons (Fsp3) is 0.296. The third kappa shape index (κ3) is 7.07. The van der Waals surface area contributed by atoms with Crippen LogP contribution >= 0.6 is 0 Å². The Kier molecular flexibility index (Phi) is 8.62. The zero-order chi connectivity index (χ0) is 24.5. The van der Waals surface area contributed by atoms with E-state index >= 15 is 0 Å². The van der Waals surface area contributed by atoms with Crippen molar-refractivity contribution in [2.75, 3.05) is 6.61 Å². The van der Waals surface area contributed by atoms with Crippen LogP contribution in [0.1, 0.15) is 42.3 Å². The van der Waals surface area contributed by atoms with Crippen LogP contribution in [-0.2, 0) is 11.3 Å². The third-order valence-corrected chi connectivity index (χ3v) is 5.17. The lowest BCUT2D eigenvalue weighted by molar-refractivity contribution is -0.124. The normalized spacial score (nSPS) is 11.6. The molecule has 34 heavy (non-hydrogen) atoms. The summed E-state index contributed by atoms with van der Waals surface area (Å²) >= 11 is 0. The molecule has 0 bridgehead atoms. The highest BCUT2D eigenvalue weighted by atomic mass is 16.5. The van der Waals surface area contributed by atoms with Crippen molar-refractivity contribution < 1.29 is 19.1 Å². The van der Waals surface area contributed by atoms with E-state index in [0.717, 1.165) is 16.9 Å². The average Bonchev–Trinajstić information content (AvgIpc) is 2.83. The van der Waals surface area contributed by atoms with Crippen molar-refractivity contribution in [3.63, 3.8) is 0 Å². The molecule has 2 aromatic carbocycles. The van der Waals surface area contributed by atoms with Gasteiger partial charge in [0.25, 0.3) is 5.91 Å². The number of amides is 2. The number of hydrogen-bond acceptors (Lipinski definition) is 5. The lowest BCUT2D eigenvalue weighted by Gasteiger charge is -2.22. The summed E-state index contributed by atoms with van der Waals surface area (Å²) < 4.78 is 11.3. The molecule has 1 heterocycles. The molecule has 0 aliphatic rings. The molecule has 2 N–H and O–H groups in total. The minimum Gasteiger partial charge on any atom is -0.494 e. The van der Waals surface area contributed by atoms with Crippen LogP contribution in [0.15, 0.2) is 66.9 Å². The van der Waals surface area contributed by atoms with Crippen molar-refractivity contribution in [1.82, 2.24) is 15.6 Å². The van der Waals surface area contributed by atoms with E-state index in [2.05, 4.69) is 15.6 Å². The van der Waals surface area contributed by atoms with Crippen molar-refractivity contribution in [2.24, 2.45) is 5.92 Å². The first-order valence-corrected chi connectivity index (χ1v) is 11.4. The monoisotopic (exact) mass is 461 g/mol. The summed E-state index contributed by atoms with van der Waals surface area (Å²) in [6.45, 7) is 8.57. The summed E-state index contributed by atoms with van der Waals surface area (Å²) in [4.78, 5) is 29.7. The largest absolute Gasteiger partial charge is 0.494 e. The predicted octanol–water partition coefficient (Wildman–Crippen LogP) is 4.65. The van der Waals surface area contributed by atoms with E-state index in [9.17, 15) is 9.59 Å². The van der Waals surface area contributed by atoms with Gasteiger partial charge >= 0.3 is 0 Å². The zero-order valence-corrected chi connectivity index (χ0v) is 20.0. The van der Waals surface area contributed by atoms with Gasteiger partial charge in [-0.25, -0.2) is 4.98 Å². The Labute approximate surface area is 200 Å². The number of rotatable bonds is 10. The topological polar surface area (TPSA) is 89.5 Å². The molecule has 0 aliphatic carbocycles. The molecule has 1 unspecified atom stereocenters. The second kappa shape index (κ2) is 11.8.